The summed E-state index contributed by atoms with van der Waals surface area (Å²) in [6.07, 6.45) is -15.9. The smallest absolute Gasteiger partial charge is 0.397 e. The first-order chi connectivity index (χ1) is 52.6. The minimum absolute atomic E-state index is 0.0386. The molecule has 8 saturated carbocycles. The normalized spacial score (nSPS) is 38.0. The zero-order valence-corrected chi connectivity index (χ0v) is 65.9. The van der Waals surface area contributed by atoms with E-state index in [1.54, 1.807) is 27.7 Å². The molecule has 10 N–H and O–H groups in total. The number of aliphatic hydroxyl groups is 2. The van der Waals surface area contributed by atoms with Crippen LogP contribution in [-0.4, -0.2) is 205 Å². The number of esters is 4. The Kier molecular flexibility index (Phi) is 31.0. The summed E-state index contributed by atoms with van der Waals surface area (Å²) in [5.41, 5.74) is 4.61. The van der Waals surface area contributed by atoms with Gasteiger partial charge >= 0.3 is 62.6 Å². The standard InChI is InChI=1S/C35H54N2O18S2.C34H50O19S2/c1-17(2)11-27(40)49-30-29(51-57-55-53-45)28(50-56-54-52-44)23(15-46-26(39)8-7-25(38)37-16-36)48-33(30)47-20-12-21(32(42)43)22-9-10-35-13-19(18(3)31(35)41)5-6-24(35)34(22,4)14-20;1-16(2)11-26(38)51-29-28(53-55(45,46)47)27(52-54(42,43)44)22(15-48-25(37)8-7-24(35)36)50-32(29)49-19-12-20(31(40)41)21-9-10-34-13-18(17(3)30(34)39)5-6-23(34)33(21,4)14-19/h17,19-24,28-31,33,41,44-45H,3,5-16,36H2,1-2,4H3,(H,37,38)(H,42,43);16,18-23,27-30,32,39H,3,5-15H2,1-2,4H3,(H,35,36)(H,40,41)(H,42,43,44)(H,45,46,47)/p-2/t19?,20?,21?,22?,23-,24?,28+,29?,30?,31-,33?,34?,35?;18?,19?,20?,21?,22-,23?,27+,28?,29?,30-,32?,33?,34?/m00/s1. The molecule has 0 aromatic rings. The van der Waals surface area contributed by atoms with Gasteiger partial charge in [0.1, 0.15) is 43.7 Å². The van der Waals surface area contributed by atoms with Crippen LogP contribution in [0.3, 0.4) is 0 Å². The third kappa shape index (κ3) is 21.1. The van der Waals surface area contributed by atoms with Crippen molar-refractivity contribution >= 4 is 93.1 Å². The Morgan fingerprint density at radius 2 is 0.982 bits per heavy atom. The number of hydrogen-bond donors (Lipinski definition) is 9. The van der Waals surface area contributed by atoms with Gasteiger partial charge in [0.05, 0.1) is 62.2 Å². The molecule has 26 atom stereocenters. The molecule has 2 heterocycles. The monoisotopic (exact) mass is 1680 g/mol. The van der Waals surface area contributed by atoms with Crippen LogP contribution in [0.1, 0.15) is 170 Å². The number of nitrogens with one attached hydrogen (secondary N) is 1. The Bertz CT molecular complexity index is 3610. The molecule has 10 rings (SSSR count). The lowest BCUT2D eigenvalue weighted by Gasteiger charge is -2.62. The summed E-state index contributed by atoms with van der Waals surface area (Å²) in [4.78, 5) is 100. The van der Waals surface area contributed by atoms with Crippen LogP contribution in [0.5, 0.6) is 0 Å². The average Bonchev–Trinajstić information content (AvgIpc) is 1.48. The number of nitrogens with two attached hydrogens (primary N) is 1. The maximum absolute atomic E-state index is 13.3. The second-order valence-corrected chi connectivity index (χ2v) is 35.4. The van der Waals surface area contributed by atoms with E-state index in [4.69, 9.17) is 65.5 Å². The highest BCUT2D eigenvalue weighted by molar-refractivity contribution is 7.90. The van der Waals surface area contributed by atoms with Gasteiger partial charge in [-0.25, -0.2) is 8.37 Å². The van der Waals surface area contributed by atoms with Crippen molar-refractivity contribution in [3.05, 3.63) is 24.3 Å². The Balaban J connectivity index is 0.000000257. The van der Waals surface area contributed by atoms with Gasteiger partial charge in [-0.1, -0.05) is 54.7 Å². The number of aliphatic carboxylic acids is 3. The van der Waals surface area contributed by atoms with Crippen LogP contribution in [0, 0.1) is 80.8 Å². The Hall–Kier alpha value is -4.92. The average molecular weight is 1680 g/mol. The number of carbonyl (C=O) groups is 8. The summed E-state index contributed by atoms with van der Waals surface area (Å²) in [5, 5.41) is 83.8. The van der Waals surface area contributed by atoms with Crippen molar-refractivity contribution in [2.24, 2.45) is 86.6 Å². The van der Waals surface area contributed by atoms with Gasteiger partial charge in [-0.3, -0.25) is 65.9 Å². The molecule has 636 valence electrons. The van der Waals surface area contributed by atoms with Crippen LogP contribution in [-0.2, 0) is 133 Å². The fraction of sp³-hybridized carbons (Fsp3) is 0.826. The molecule has 10 aliphatic rings. The second kappa shape index (κ2) is 38.2. The molecular weight excluding hydrogens is 1580 g/mol. The highest BCUT2D eigenvalue weighted by atomic mass is 32.3. The zero-order valence-electron chi connectivity index (χ0n) is 62.6. The highest BCUT2D eigenvalue weighted by Crippen LogP contribution is 2.73. The van der Waals surface area contributed by atoms with E-state index in [0.717, 1.165) is 36.8 Å². The number of ether oxygens (including phenoxy) is 8. The number of fused-ring (bicyclic) bond motifs is 6. The number of amides is 1. The molecule has 2 spiro atoms. The number of carboxylic acid groups (broad SMARTS) is 3. The molecule has 2 aliphatic heterocycles. The number of carboxylic acids is 3. The van der Waals surface area contributed by atoms with Gasteiger partial charge in [0, 0.05) is 30.1 Å². The first-order valence-electron chi connectivity index (χ1n) is 37.2. The molecule has 112 heavy (non-hydrogen) atoms. The lowest BCUT2D eigenvalue weighted by Crippen LogP contribution is -2.64. The Morgan fingerprint density at radius 3 is 1.38 bits per heavy atom. The first-order valence-corrected chi connectivity index (χ1v) is 41.3. The van der Waals surface area contributed by atoms with Crippen LogP contribution in [0.25, 0.3) is 0 Å². The SMILES string of the molecule is C=C1C2CCC3C4(C)CC(OC5O[C@@H](COC(=O)CCC(=O)NCN)[C@@H](OSOO[O-])C(OSOO[O-])C5OC(=O)CC(C)C)CC(C(=O)O)C4CCC3(C2)[C@H]1O.C=C1C2CCC3C4(C)CC(OC5O[C@@H](COC(=O)CCC(=O)O)[C@@H](OS(=O)(=O)O)C(OS(=O)(=O)O)C5OC(=O)CC(C)C)CC(C(=O)O)C4CCC3(C2)[C@H]1O. The second-order valence-electron chi connectivity index (χ2n) is 32.3. The number of aliphatic hydroxyl groups excluding tert-OH is 2. The van der Waals surface area contributed by atoms with Gasteiger partial charge in [0.25, 0.3) is 0 Å². The van der Waals surface area contributed by atoms with E-state index in [2.05, 4.69) is 44.1 Å². The molecule has 4 bridgehead atoms. The van der Waals surface area contributed by atoms with Crippen LogP contribution < -0.4 is 21.6 Å². The summed E-state index contributed by atoms with van der Waals surface area (Å²) in [7, 11) is -11.1. The van der Waals surface area contributed by atoms with Crippen molar-refractivity contribution in [2.45, 2.75) is 256 Å². The molecule has 0 radical (unpaired) electrons. The van der Waals surface area contributed by atoms with E-state index < -0.39 is 214 Å². The third-order valence-corrected chi connectivity index (χ3v) is 26.6. The topological polar surface area (TPSA) is 578 Å². The van der Waals surface area contributed by atoms with E-state index in [0.29, 0.717) is 44.9 Å². The molecule has 20 unspecified atom stereocenters. The van der Waals surface area contributed by atoms with Crippen molar-refractivity contribution in [3.63, 3.8) is 0 Å². The van der Waals surface area contributed by atoms with E-state index in [1.165, 1.54) is 0 Å². The molecule has 0 aromatic carbocycles. The van der Waals surface area contributed by atoms with Crippen molar-refractivity contribution < 1.29 is 174 Å². The minimum Gasteiger partial charge on any atom is -0.691 e. The quantitative estimate of drug-likeness (QED) is 0.00420. The van der Waals surface area contributed by atoms with E-state index in [-0.39, 0.29) is 124 Å². The molecule has 8 aliphatic carbocycles. The van der Waals surface area contributed by atoms with Crippen molar-refractivity contribution in [1.82, 2.24) is 5.32 Å². The summed E-state index contributed by atoms with van der Waals surface area (Å²) in [6, 6.07) is 0. The molecule has 0 aromatic heterocycles. The Labute approximate surface area is 655 Å². The predicted molar refractivity (Wildman–Crippen MR) is 372 cm³/mol. The maximum atomic E-state index is 13.3. The van der Waals surface area contributed by atoms with Crippen molar-refractivity contribution in [3.8, 4) is 0 Å². The Morgan fingerprint density at radius 1 is 0.571 bits per heavy atom. The first kappa shape index (κ1) is 91.0. The van der Waals surface area contributed by atoms with Crippen LogP contribution in [0.15, 0.2) is 24.3 Å². The largest absolute Gasteiger partial charge is 0.691 e. The molecule has 1 amide bonds. The fourth-order valence-electron chi connectivity index (χ4n) is 20.6. The van der Waals surface area contributed by atoms with Crippen molar-refractivity contribution in [1.29, 1.82) is 0 Å². The van der Waals surface area contributed by atoms with E-state index >= 15 is 0 Å². The molecular formula is C69H102N2O37S4-2. The van der Waals surface area contributed by atoms with Gasteiger partial charge < -0.3 is 85.0 Å². The number of hydrogen-bond acceptors (Lipinski definition) is 35. The van der Waals surface area contributed by atoms with Crippen LogP contribution in [0.4, 0.5) is 0 Å². The maximum Gasteiger partial charge on any atom is 0.397 e. The van der Waals surface area contributed by atoms with E-state index in [9.17, 15) is 95.2 Å². The van der Waals surface area contributed by atoms with Gasteiger partial charge in [0.15, 0.2) is 55.5 Å². The van der Waals surface area contributed by atoms with Gasteiger partial charge in [-0.05, 0) is 159 Å². The number of carbonyl (C=O) groups excluding carboxylic acids is 5. The van der Waals surface area contributed by atoms with Gasteiger partial charge in [0.2, 0.25) is 5.91 Å². The van der Waals surface area contributed by atoms with Gasteiger partial charge in [-0.2, -0.15) is 16.8 Å². The van der Waals surface area contributed by atoms with E-state index in [1.807, 2.05) is 6.92 Å². The van der Waals surface area contributed by atoms with Crippen LogP contribution >= 0.6 is 24.6 Å². The lowest BCUT2D eigenvalue weighted by atomic mass is 9.43. The number of rotatable bonds is 35. The fourth-order valence-corrected chi connectivity index (χ4v) is 22.4. The van der Waals surface area contributed by atoms with Crippen LogP contribution in [0.2, 0.25) is 0 Å². The summed E-state index contributed by atoms with van der Waals surface area (Å²) < 4.78 is 145. The third-order valence-electron chi connectivity index (χ3n) is 24.8. The minimum atomic E-state index is -5.55. The zero-order chi connectivity index (χ0) is 82.3. The summed E-state index contributed by atoms with van der Waals surface area (Å²) in [5.74, 6) is -10.2. The molecule has 10 fully saturated rings. The molecule has 43 heteroatoms. The lowest BCUT2D eigenvalue weighted by molar-refractivity contribution is -0.778. The van der Waals surface area contributed by atoms with Gasteiger partial charge in [-0.15, -0.1) is 8.67 Å². The highest BCUT2D eigenvalue weighted by Gasteiger charge is 2.70. The molecule has 2 saturated heterocycles. The van der Waals surface area contributed by atoms with Crippen molar-refractivity contribution in [2.75, 3.05) is 19.9 Å². The predicted octanol–water partition coefficient (Wildman–Crippen LogP) is 3.08. The summed E-state index contributed by atoms with van der Waals surface area (Å²) >= 11 is 0.0880. The summed E-state index contributed by atoms with van der Waals surface area (Å²) in [6.45, 7) is 17.6. The molecule has 39 nitrogen and oxygen atoms in total.